The van der Waals surface area contributed by atoms with Gasteiger partial charge in [-0.2, -0.15) is 5.10 Å². The van der Waals surface area contributed by atoms with E-state index in [1.54, 1.807) is 22.6 Å². The maximum atomic E-state index is 5.89. The molecule has 0 fully saturated rings. The number of aryl methyl sites for hydroxylation is 1. The van der Waals surface area contributed by atoms with Crippen LogP contribution in [0.5, 0.6) is 0 Å². The summed E-state index contributed by atoms with van der Waals surface area (Å²) in [6, 6.07) is 7.76. The zero-order valence-corrected chi connectivity index (χ0v) is 13.2. The van der Waals surface area contributed by atoms with Crippen LogP contribution in [0.15, 0.2) is 35.4 Å². The van der Waals surface area contributed by atoms with Crippen molar-refractivity contribution in [2.75, 3.05) is 12.4 Å². The van der Waals surface area contributed by atoms with Crippen molar-refractivity contribution in [1.29, 1.82) is 0 Å². The first-order valence-corrected chi connectivity index (χ1v) is 7.78. The number of aromatic nitrogens is 4. The van der Waals surface area contributed by atoms with Crippen molar-refractivity contribution in [2.24, 2.45) is 7.05 Å². The fourth-order valence-corrected chi connectivity index (χ4v) is 2.88. The Bertz CT molecular complexity index is 769. The molecule has 7 heteroatoms. The van der Waals surface area contributed by atoms with Gasteiger partial charge in [-0.3, -0.25) is 4.68 Å². The van der Waals surface area contributed by atoms with Gasteiger partial charge in [0.05, 0.1) is 17.3 Å². The molecule has 1 aromatic carbocycles. The monoisotopic (exact) mass is 319 g/mol. The van der Waals surface area contributed by atoms with Crippen LogP contribution < -0.4 is 5.32 Å². The Morgan fingerprint density at radius 1 is 1.24 bits per heavy atom. The molecule has 3 aromatic rings. The van der Waals surface area contributed by atoms with Gasteiger partial charge >= 0.3 is 0 Å². The van der Waals surface area contributed by atoms with E-state index in [1.165, 1.54) is 0 Å². The molecule has 3 rings (SSSR count). The molecule has 0 amide bonds. The van der Waals surface area contributed by atoms with Crippen LogP contribution in [0.25, 0.3) is 11.0 Å². The molecule has 0 spiro atoms. The summed E-state index contributed by atoms with van der Waals surface area (Å²) in [5, 5.41) is 9.00. The number of benzene rings is 1. The molecule has 0 bridgehead atoms. The van der Waals surface area contributed by atoms with E-state index >= 15 is 0 Å². The first kappa shape index (κ1) is 14.2. The molecule has 0 atom stereocenters. The number of anilines is 1. The van der Waals surface area contributed by atoms with Crippen LogP contribution in [-0.4, -0.2) is 26.8 Å². The first-order chi connectivity index (χ1) is 10.2. The summed E-state index contributed by atoms with van der Waals surface area (Å²) in [6.07, 6.45) is 1.78. The number of hydrogen-bond acceptors (Lipinski definition) is 5. The van der Waals surface area contributed by atoms with Crippen LogP contribution in [0.4, 0.5) is 5.82 Å². The van der Waals surface area contributed by atoms with Crippen LogP contribution in [0.3, 0.4) is 0 Å². The second-order valence-electron chi connectivity index (χ2n) is 4.49. The van der Waals surface area contributed by atoms with Crippen LogP contribution in [0, 0.1) is 0 Å². The Kier molecular flexibility index (Phi) is 3.98. The van der Waals surface area contributed by atoms with Gasteiger partial charge in [-0.25, -0.2) is 9.97 Å². The molecule has 21 heavy (non-hydrogen) atoms. The van der Waals surface area contributed by atoms with Crippen molar-refractivity contribution in [3.8, 4) is 0 Å². The average Bonchev–Trinajstić information content (AvgIpc) is 2.87. The SMILES string of the molecule is CNc1nc(CSc2ccc(Cl)cc2)nc2c1cnn2C. The molecule has 0 aliphatic heterocycles. The highest BCUT2D eigenvalue weighted by Gasteiger charge is 2.10. The predicted molar refractivity (Wildman–Crippen MR) is 86.9 cm³/mol. The maximum Gasteiger partial charge on any atom is 0.163 e. The van der Waals surface area contributed by atoms with Crippen molar-refractivity contribution in [3.63, 3.8) is 0 Å². The highest BCUT2D eigenvalue weighted by atomic mass is 35.5. The molecule has 0 aliphatic carbocycles. The minimum absolute atomic E-state index is 0.692. The highest BCUT2D eigenvalue weighted by molar-refractivity contribution is 7.98. The Morgan fingerprint density at radius 3 is 2.71 bits per heavy atom. The molecule has 1 N–H and O–H groups in total. The van der Waals surface area contributed by atoms with Gasteiger partial charge in [0.1, 0.15) is 11.6 Å². The van der Waals surface area contributed by atoms with Crippen LogP contribution in [0.2, 0.25) is 5.02 Å². The molecule has 0 saturated carbocycles. The topological polar surface area (TPSA) is 55.6 Å². The molecular weight excluding hydrogens is 306 g/mol. The molecule has 0 aliphatic rings. The largest absolute Gasteiger partial charge is 0.372 e. The van der Waals surface area contributed by atoms with Gasteiger partial charge in [0.15, 0.2) is 5.65 Å². The van der Waals surface area contributed by atoms with Gasteiger partial charge in [-0.05, 0) is 24.3 Å². The second kappa shape index (κ2) is 5.91. The van der Waals surface area contributed by atoms with E-state index < -0.39 is 0 Å². The maximum absolute atomic E-state index is 5.89. The second-order valence-corrected chi connectivity index (χ2v) is 5.97. The highest BCUT2D eigenvalue weighted by Crippen LogP contribution is 2.25. The van der Waals surface area contributed by atoms with E-state index in [0.29, 0.717) is 5.75 Å². The summed E-state index contributed by atoms with van der Waals surface area (Å²) >= 11 is 7.56. The van der Waals surface area contributed by atoms with Crippen molar-refractivity contribution in [2.45, 2.75) is 10.6 Å². The third-order valence-electron chi connectivity index (χ3n) is 3.06. The number of rotatable bonds is 4. The molecule has 2 aromatic heterocycles. The summed E-state index contributed by atoms with van der Waals surface area (Å²) < 4.78 is 1.76. The summed E-state index contributed by atoms with van der Waals surface area (Å²) in [7, 11) is 3.73. The number of thioether (sulfide) groups is 1. The van der Waals surface area contributed by atoms with Gasteiger partial charge in [-0.15, -0.1) is 11.8 Å². The van der Waals surface area contributed by atoms with Crippen molar-refractivity contribution in [3.05, 3.63) is 41.3 Å². The van der Waals surface area contributed by atoms with E-state index in [-0.39, 0.29) is 0 Å². The predicted octanol–water partition coefficient (Wildman–Crippen LogP) is 3.35. The van der Waals surface area contributed by atoms with Gasteiger partial charge in [0.25, 0.3) is 0 Å². The third kappa shape index (κ3) is 2.96. The van der Waals surface area contributed by atoms with Crippen LogP contribution in [-0.2, 0) is 12.8 Å². The minimum atomic E-state index is 0.692. The van der Waals surface area contributed by atoms with Gasteiger partial charge in [0, 0.05) is 24.0 Å². The van der Waals surface area contributed by atoms with Crippen LogP contribution in [0.1, 0.15) is 5.82 Å². The first-order valence-electron chi connectivity index (χ1n) is 6.42. The molecule has 0 unspecified atom stereocenters. The number of halogens is 1. The lowest BCUT2D eigenvalue weighted by Gasteiger charge is -2.06. The molecule has 2 heterocycles. The summed E-state index contributed by atoms with van der Waals surface area (Å²) in [5.74, 6) is 2.27. The lowest BCUT2D eigenvalue weighted by Crippen LogP contribution is -2.02. The van der Waals surface area contributed by atoms with Gasteiger partial charge in [-0.1, -0.05) is 11.6 Å². The normalized spacial score (nSPS) is 11.0. The molecule has 0 saturated heterocycles. The van der Waals surface area contributed by atoms with E-state index in [4.69, 9.17) is 11.6 Å². The Balaban J connectivity index is 1.86. The zero-order valence-electron chi connectivity index (χ0n) is 11.7. The van der Waals surface area contributed by atoms with Crippen molar-refractivity contribution < 1.29 is 0 Å². The lowest BCUT2D eigenvalue weighted by molar-refractivity contribution is 0.782. The summed E-state index contributed by atoms with van der Waals surface area (Å²) in [6.45, 7) is 0. The fraction of sp³-hybridized carbons (Fsp3) is 0.214. The molecule has 5 nitrogen and oxygen atoms in total. The Hall–Kier alpha value is -1.79. The van der Waals surface area contributed by atoms with Crippen molar-refractivity contribution >= 4 is 40.2 Å². The molecule has 0 radical (unpaired) electrons. The van der Waals surface area contributed by atoms with E-state index in [2.05, 4.69) is 20.4 Å². The minimum Gasteiger partial charge on any atom is -0.372 e. The molecule has 108 valence electrons. The van der Waals surface area contributed by atoms with E-state index in [0.717, 1.165) is 32.6 Å². The number of fused-ring (bicyclic) bond motifs is 1. The van der Waals surface area contributed by atoms with Gasteiger partial charge in [0.2, 0.25) is 0 Å². The summed E-state index contributed by atoms with van der Waals surface area (Å²) in [5.41, 5.74) is 0.834. The smallest absolute Gasteiger partial charge is 0.163 e. The Labute approximate surface area is 131 Å². The fourth-order valence-electron chi connectivity index (χ4n) is 2.00. The standard InChI is InChI=1S/C14H14ClN5S/c1-16-13-11-7-17-20(2)14(11)19-12(18-13)8-21-10-5-3-9(15)4-6-10/h3-7H,8H2,1-2H3,(H,16,18,19). The van der Waals surface area contributed by atoms with Crippen molar-refractivity contribution in [1.82, 2.24) is 19.7 Å². The lowest BCUT2D eigenvalue weighted by atomic mass is 10.4. The number of nitrogens with one attached hydrogen (secondary N) is 1. The quantitative estimate of drug-likeness (QED) is 0.747. The molecular formula is C14H14ClN5S. The average molecular weight is 320 g/mol. The van der Waals surface area contributed by atoms with E-state index in [9.17, 15) is 0 Å². The Morgan fingerprint density at radius 2 is 2.00 bits per heavy atom. The third-order valence-corrected chi connectivity index (χ3v) is 4.32. The zero-order chi connectivity index (χ0) is 14.8. The van der Waals surface area contributed by atoms with Gasteiger partial charge < -0.3 is 5.32 Å². The van der Waals surface area contributed by atoms with E-state index in [1.807, 2.05) is 38.4 Å². The van der Waals surface area contributed by atoms with Crippen LogP contribution >= 0.6 is 23.4 Å². The summed E-state index contributed by atoms with van der Waals surface area (Å²) in [4.78, 5) is 10.3. The number of hydrogen-bond donors (Lipinski definition) is 1. The number of nitrogens with zero attached hydrogens (tertiary/aromatic N) is 4.